The average Bonchev–Trinajstić information content (AvgIpc) is 2.66. The van der Waals surface area contributed by atoms with E-state index in [1.165, 1.54) is 12.1 Å². The molecule has 0 aliphatic rings. The first-order valence-corrected chi connectivity index (χ1v) is 8.33. The molecule has 0 spiro atoms. The van der Waals surface area contributed by atoms with Crippen molar-refractivity contribution < 1.29 is 19.4 Å². The first-order valence-electron chi connectivity index (χ1n) is 7.96. The van der Waals surface area contributed by atoms with Crippen LogP contribution in [0.4, 0.5) is 0 Å². The molecule has 0 aliphatic carbocycles. The number of ether oxygens (including phenoxy) is 2. The molecule has 3 aromatic rings. The van der Waals surface area contributed by atoms with E-state index >= 15 is 0 Å². The van der Waals surface area contributed by atoms with E-state index in [4.69, 9.17) is 26.2 Å². The molecule has 5 heteroatoms. The topological polar surface area (TPSA) is 55.8 Å². The fraction of sp³-hybridized carbons (Fsp3) is 0.0952. The molecule has 132 valence electrons. The Hall–Kier alpha value is -2.98. The van der Waals surface area contributed by atoms with Crippen molar-refractivity contribution in [3.05, 3.63) is 82.9 Å². The number of carbonyl (C=O) groups is 1. The van der Waals surface area contributed by atoms with Gasteiger partial charge in [-0.25, -0.2) is 4.79 Å². The second-order valence-electron chi connectivity index (χ2n) is 5.67. The Kier molecular flexibility index (Phi) is 5.44. The minimum atomic E-state index is -0.983. The molecule has 0 atom stereocenters. The summed E-state index contributed by atoms with van der Waals surface area (Å²) in [6.07, 6.45) is 0. The summed E-state index contributed by atoms with van der Waals surface area (Å²) >= 11 is 6.10. The lowest BCUT2D eigenvalue weighted by Gasteiger charge is -2.12. The van der Waals surface area contributed by atoms with Crippen molar-refractivity contribution in [3.63, 3.8) is 0 Å². The van der Waals surface area contributed by atoms with Crippen LogP contribution in [0.15, 0.2) is 66.7 Å². The molecule has 0 saturated heterocycles. The van der Waals surface area contributed by atoms with Crippen LogP contribution in [0.25, 0.3) is 11.1 Å². The van der Waals surface area contributed by atoms with E-state index in [9.17, 15) is 4.79 Å². The van der Waals surface area contributed by atoms with E-state index in [-0.39, 0.29) is 5.56 Å². The van der Waals surface area contributed by atoms with Gasteiger partial charge in [0, 0.05) is 10.6 Å². The molecule has 0 amide bonds. The van der Waals surface area contributed by atoms with Crippen molar-refractivity contribution >= 4 is 17.6 Å². The zero-order valence-corrected chi connectivity index (χ0v) is 14.9. The molecule has 3 aromatic carbocycles. The molecule has 4 nitrogen and oxygen atoms in total. The van der Waals surface area contributed by atoms with Gasteiger partial charge in [0.2, 0.25) is 0 Å². The Morgan fingerprint density at radius 1 is 1.04 bits per heavy atom. The molecule has 0 saturated carbocycles. The number of rotatable bonds is 6. The Balaban J connectivity index is 1.84. The number of hydrogen-bond acceptors (Lipinski definition) is 3. The summed E-state index contributed by atoms with van der Waals surface area (Å²) < 4.78 is 11.2. The molecule has 26 heavy (non-hydrogen) atoms. The van der Waals surface area contributed by atoms with Crippen molar-refractivity contribution in [1.29, 1.82) is 0 Å². The van der Waals surface area contributed by atoms with Crippen molar-refractivity contribution in [2.24, 2.45) is 0 Å². The summed E-state index contributed by atoms with van der Waals surface area (Å²) in [6, 6.07) is 19.7. The molecular weight excluding hydrogens is 352 g/mol. The first kappa shape index (κ1) is 17.8. The zero-order valence-electron chi connectivity index (χ0n) is 14.1. The molecule has 0 unspecified atom stereocenters. The summed E-state index contributed by atoms with van der Waals surface area (Å²) in [6.45, 7) is 0.306. The summed E-state index contributed by atoms with van der Waals surface area (Å²) in [5.41, 5.74) is 2.98. The molecule has 1 N–H and O–H groups in total. The number of aromatic carboxylic acids is 1. The molecule has 3 rings (SSSR count). The minimum absolute atomic E-state index is 0.192. The van der Waals surface area contributed by atoms with Crippen LogP contribution in [0.5, 0.6) is 11.5 Å². The van der Waals surface area contributed by atoms with Crippen LogP contribution < -0.4 is 9.47 Å². The van der Waals surface area contributed by atoms with Gasteiger partial charge in [-0.3, -0.25) is 0 Å². The first-order chi connectivity index (χ1) is 12.6. The summed E-state index contributed by atoms with van der Waals surface area (Å²) in [5.74, 6) is 0.261. The summed E-state index contributed by atoms with van der Waals surface area (Å²) in [5, 5.41) is 9.71. The second-order valence-corrected chi connectivity index (χ2v) is 6.10. The monoisotopic (exact) mass is 368 g/mol. The smallest absolute Gasteiger partial charge is 0.335 e. The third kappa shape index (κ3) is 4.16. The van der Waals surface area contributed by atoms with Gasteiger partial charge in [0.05, 0.1) is 12.7 Å². The summed E-state index contributed by atoms with van der Waals surface area (Å²) in [4.78, 5) is 11.0. The van der Waals surface area contributed by atoms with E-state index in [1.54, 1.807) is 19.2 Å². The number of benzene rings is 3. The zero-order chi connectivity index (χ0) is 18.5. The second kappa shape index (κ2) is 7.93. The Labute approximate surface area is 156 Å². The summed E-state index contributed by atoms with van der Waals surface area (Å²) in [7, 11) is 1.62. The maximum absolute atomic E-state index is 11.0. The van der Waals surface area contributed by atoms with Gasteiger partial charge in [0.25, 0.3) is 0 Å². The van der Waals surface area contributed by atoms with Gasteiger partial charge in [-0.15, -0.1) is 0 Å². The average molecular weight is 369 g/mol. The third-order valence-electron chi connectivity index (χ3n) is 3.89. The number of carboxylic acid groups (broad SMARTS) is 1. The quantitative estimate of drug-likeness (QED) is 0.642. The van der Waals surface area contributed by atoms with E-state index in [0.717, 1.165) is 22.4 Å². The van der Waals surface area contributed by atoms with E-state index in [1.807, 2.05) is 42.5 Å². The van der Waals surface area contributed by atoms with E-state index < -0.39 is 5.97 Å². The van der Waals surface area contributed by atoms with Gasteiger partial charge in [0.15, 0.2) is 0 Å². The lowest BCUT2D eigenvalue weighted by molar-refractivity contribution is 0.0696. The molecule has 0 aromatic heterocycles. The van der Waals surface area contributed by atoms with Crippen LogP contribution in [0.2, 0.25) is 5.02 Å². The lowest BCUT2D eigenvalue weighted by atomic mass is 10.0. The van der Waals surface area contributed by atoms with Crippen LogP contribution in [-0.2, 0) is 6.61 Å². The normalized spacial score (nSPS) is 10.4. The van der Waals surface area contributed by atoms with Crippen LogP contribution in [-0.4, -0.2) is 18.2 Å². The highest BCUT2D eigenvalue weighted by atomic mass is 35.5. The largest absolute Gasteiger partial charge is 0.496 e. The van der Waals surface area contributed by atoms with Gasteiger partial charge in [-0.2, -0.15) is 0 Å². The molecule has 0 radical (unpaired) electrons. The van der Waals surface area contributed by atoms with Crippen LogP contribution in [0, 0.1) is 0 Å². The molecule has 0 heterocycles. The maximum atomic E-state index is 11.0. The number of carboxylic acids is 1. The van der Waals surface area contributed by atoms with Crippen molar-refractivity contribution in [3.8, 4) is 22.6 Å². The maximum Gasteiger partial charge on any atom is 0.335 e. The predicted octanol–water partition coefficient (Wildman–Crippen LogP) is 5.29. The lowest BCUT2D eigenvalue weighted by Crippen LogP contribution is -2.00. The fourth-order valence-electron chi connectivity index (χ4n) is 2.61. The van der Waals surface area contributed by atoms with Gasteiger partial charge < -0.3 is 14.6 Å². The van der Waals surface area contributed by atoms with Crippen LogP contribution in [0.3, 0.4) is 0 Å². The predicted molar refractivity (Wildman–Crippen MR) is 101 cm³/mol. The molecule has 0 fully saturated rings. The molecule has 0 aliphatic heterocycles. The van der Waals surface area contributed by atoms with Crippen LogP contribution in [0.1, 0.15) is 15.9 Å². The van der Waals surface area contributed by atoms with Gasteiger partial charge in [0.1, 0.15) is 18.1 Å². The minimum Gasteiger partial charge on any atom is -0.496 e. The standard InChI is InChI=1S/C21H17ClO4/c1-25-20-9-8-14(10-19(20)15-4-2-6-17(22)11-15)13-26-18-7-3-5-16(12-18)21(23)24/h2-12H,13H2,1H3,(H,23,24). The number of methoxy groups -OCH3 is 1. The van der Waals surface area contributed by atoms with Crippen LogP contribution >= 0.6 is 11.6 Å². The highest BCUT2D eigenvalue weighted by molar-refractivity contribution is 6.30. The van der Waals surface area contributed by atoms with Crippen molar-refractivity contribution in [2.75, 3.05) is 7.11 Å². The van der Waals surface area contributed by atoms with Gasteiger partial charge in [-0.05, 0) is 53.6 Å². The SMILES string of the molecule is COc1ccc(COc2cccc(C(=O)O)c2)cc1-c1cccc(Cl)c1. The molecular formula is C21H17ClO4. The van der Waals surface area contributed by atoms with E-state index in [0.29, 0.717) is 17.4 Å². The Morgan fingerprint density at radius 3 is 2.58 bits per heavy atom. The van der Waals surface area contributed by atoms with Gasteiger partial charge >= 0.3 is 5.97 Å². The fourth-order valence-corrected chi connectivity index (χ4v) is 2.80. The third-order valence-corrected chi connectivity index (χ3v) is 4.12. The Bertz CT molecular complexity index is 937. The van der Waals surface area contributed by atoms with Crippen molar-refractivity contribution in [1.82, 2.24) is 0 Å². The molecule has 0 bridgehead atoms. The van der Waals surface area contributed by atoms with Gasteiger partial charge in [-0.1, -0.05) is 35.9 Å². The highest BCUT2D eigenvalue weighted by Gasteiger charge is 2.09. The number of hydrogen-bond donors (Lipinski definition) is 1. The van der Waals surface area contributed by atoms with Crippen molar-refractivity contribution in [2.45, 2.75) is 6.61 Å². The Morgan fingerprint density at radius 2 is 1.85 bits per heavy atom. The number of halogens is 1. The van der Waals surface area contributed by atoms with E-state index in [2.05, 4.69) is 0 Å². The highest BCUT2D eigenvalue weighted by Crippen LogP contribution is 2.32.